The van der Waals surface area contributed by atoms with Gasteiger partial charge in [0.25, 0.3) is 5.91 Å². The normalized spacial score (nSPS) is 10.3. The van der Waals surface area contributed by atoms with Crippen molar-refractivity contribution in [3.63, 3.8) is 0 Å². The number of nitrogens with one attached hydrogen (secondary N) is 1. The Morgan fingerprint density at radius 2 is 1.78 bits per heavy atom. The SMILES string of the molecule is Cc1nn(Cc2ccccc2)c(C)c1CNC(=O)COC(=O)COc1ccccc1C#N. The van der Waals surface area contributed by atoms with E-state index in [0.29, 0.717) is 12.1 Å². The molecule has 0 aliphatic carbocycles. The zero-order chi connectivity index (χ0) is 22.9. The van der Waals surface area contributed by atoms with Crippen LogP contribution in [0.2, 0.25) is 0 Å². The quantitative estimate of drug-likeness (QED) is 0.521. The van der Waals surface area contributed by atoms with Gasteiger partial charge in [-0.1, -0.05) is 42.5 Å². The molecule has 1 amide bonds. The van der Waals surface area contributed by atoms with Crippen molar-refractivity contribution in [2.24, 2.45) is 0 Å². The average molecular weight is 432 g/mol. The van der Waals surface area contributed by atoms with Crippen LogP contribution in [-0.2, 0) is 27.4 Å². The molecule has 0 fully saturated rings. The Labute approximate surface area is 186 Å². The van der Waals surface area contributed by atoms with Gasteiger partial charge in [0, 0.05) is 17.8 Å². The Morgan fingerprint density at radius 1 is 1.06 bits per heavy atom. The second-order valence-electron chi connectivity index (χ2n) is 7.13. The number of nitrogens with zero attached hydrogens (tertiary/aromatic N) is 3. The van der Waals surface area contributed by atoms with Crippen molar-refractivity contribution in [2.75, 3.05) is 13.2 Å². The molecule has 8 nitrogen and oxygen atoms in total. The highest BCUT2D eigenvalue weighted by molar-refractivity contribution is 5.80. The average Bonchev–Trinajstić information content (AvgIpc) is 3.07. The number of carbonyl (C=O) groups is 2. The van der Waals surface area contributed by atoms with E-state index in [0.717, 1.165) is 22.5 Å². The molecule has 3 aromatic rings. The number of nitriles is 1. The molecule has 0 saturated heterocycles. The van der Waals surface area contributed by atoms with Crippen LogP contribution < -0.4 is 10.1 Å². The highest BCUT2D eigenvalue weighted by Gasteiger charge is 2.14. The topological polar surface area (TPSA) is 106 Å². The number of amides is 1. The number of esters is 1. The van der Waals surface area contributed by atoms with Gasteiger partial charge in [0.1, 0.15) is 11.8 Å². The molecule has 164 valence electrons. The summed E-state index contributed by atoms with van der Waals surface area (Å²) in [6, 6.07) is 18.5. The van der Waals surface area contributed by atoms with Gasteiger partial charge in [0.2, 0.25) is 0 Å². The van der Waals surface area contributed by atoms with E-state index >= 15 is 0 Å². The van der Waals surface area contributed by atoms with Gasteiger partial charge in [-0.3, -0.25) is 9.48 Å². The fraction of sp³-hybridized carbons (Fsp3) is 0.250. The van der Waals surface area contributed by atoms with Gasteiger partial charge in [-0.15, -0.1) is 0 Å². The van der Waals surface area contributed by atoms with Crippen LogP contribution >= 0.6 is 0 Å². The largest absolute Gasteiger partial charge is 0.481 e. The molecule has 2 aromatic carbocycles. The van der Waals surface area contributed by atoms with Crippen LogP contribution in [0, 0.1) is 25.2 Å². The Hall–Kier alpha value is -4.12. The number of hydrogen-bond acceptors (Lipinski definition) is 6. The molecule has 3 rings (SSSR count). The number of benzene rings is 2. The lowest BCUT2D eigenvalue weighted by Crippen LogP contribution is -2.29. The summed E-state index contributed by atoms with van der Waals surface area (Å²) in [5.74, 6) is -0.837. The lowest BCUT2D eigenvalue weighted by Gasteiger charge is -2.09. The molecule has 1 aromatic heterocycles. The van der Waals surface area contributed by atoms with Gasteiger partial charge in [0.15, 0.2) is 13.2 Å². The molecule has 8 heteroatoms. The fourth-order valence-electron chi connectivity index (χ4n) is 3.15. The number of ether oxygens (including phenoxy) is 2. The molecule has 0 aliphatic rings. The second-order valence-corrected chi connectivity index (χ2v) is 7.13. The lowest BCUT2D eigenvalue weighted by molar-refractivity contribution is -0.150. The summed E-state index contributed by atoms with van der Waals surface area (Å²) in [6.07, 6.45) is 0. The van der Waals surface area contributed by atoms with E-state index in [1.165, 1.54) is 0 Å². The van der Waals surface area contributed by atoms with E-state index in [9.17, 15) is 9.59 Å². The molecule has 32 heavy (non-hydrogen) atoms. The third kappa shape index (κ3) is 5.95. The number of carbonyl (C=O) groups excluding carboxylic acids is 2. The molecule has 0 bridgehead atoms. The van der Waals surface area contributed by atoms with Crippen molar-refractivity contribution in [2.45, 2.75) is 26.9 Å². The molecule has 0 radical (unpaired) electrons. The van der Waals surface area contributed by atoms with Gasteiger partial charge < -0.3 is 14.8 Å². The van der Waals surface area contributed by atoms with Crippen LogP contribution in [0.4, 0.5) is 0 Å². The summed E-state index contributed by atoms with van der Waals surface area (Å²) in [6.45, 7) is 3.98. The third-order valence-corrected chi connectivity index (χ3v) is 4.89. The first-order valence-corrected chi connectivity index (χ1v) is 10.1. The monoisotopic (exact) mass is 432 g/mol. The van der Waals surface area contributed by atoms with Gasteiger partial charge in [-0.05, 0) is 31.5 Å². The number of aromatic nitrogens is 2. The molecule has 0 atom stereocenters. The first-order valence-electron chi connectivity index (χ1n) is 10.1. The van der Waals surface area contributed by atoms with Crippen molar-refractivity contribution in [1.82, 2.24) is 15.1 Å². The van der Waals surface area contributed by atoms with E-state index in [-0.39, 0.29) is 12.3 Å². The molecule has 0 aliphatic heterocycles. The van der Waals surface area contributed by atoms with Crippen LogP contribution in [0.25, 0.3) is 0 Å². The summed E-state index contributed by atoms with van der Waals surface area (Å²) in [7, 11) is 0. The minimum absolute atomic E-state index is 0.287. The number of para-hydroxylation sites is 1. The van der Waals surface area contributed by atoms with E-state index in [2.05, 4.69) is 10.4 Å². The summed E-state index contributed by atoms with van der Waals surface area (Å²) in [5, 5.41) is 16.3. The third-order valence-electron chi connectivity index (χ3n) is 4.89. The van der Waals surface area contributed by atoms with Crippen molar-refractivity contribution < 1.29 is 19.1 Å². The summed E-state index contributed by atoms with van der Waals surface area (Å²) < 4.78 is 12.2. The van der Waals surface area contributed by atoms with Gasteiger partial charge >= 0.3 is 5.97 Å². The molecular weight excluding hydrogens is 408 g/mol. The van der Waals surface area contributed by atoms with Crippen LogP contribution in [0.5, 0.6) is 5.75 Å². The molecule has 0 saturated carbocycles. The first kappa shape index (κ1) is 22.6. The van der Waals surface area contributed by atoms with Gasteiger partial charge in [-0.25, -0.2) is 4.79 Å². The molecule has 1 N–H and O–H groups in total. The highest BCUT2D eigenvalue weighted by atomic mass is 16.6. The predicted molar refractivity (Wildman–Crippen MR) is 117 cm³/mol. The van der Waals surface area contributed by atoms with Crippen molar-refractivity contribution in [3.8, 4) is 11.8 Å². The Balaban J connectivity index is 1.46. The Bertz CT molecular complexity index is 1130. The van der Waals surface area contributed by atoms with Crippen LogP contribution in [-0.4, -0.2) is 34.9 Å². The first-order chi connectivity index (χ1) is 15.5. The smallest absolute Gasteiger partial charge is 0.344 e. The predicted octanol–water partition coefficient (Wildman–Crippen LogP) is 2.66. The zero-order valence-corrected chi connectivity index (χ0v) is 18.0. The molecule has 1 heterocycles. The Kier molecular flexibility index (Phi) is 7.60. The van der Waals surface area contributed by atoms with Crippen molar-refractivity contribution in [3.05, 3.63) is 82.7 Å². The zero-order valence-electron chi connectivity index (χ0n) is 18.0. The molecule has 0 unspecified atom stereocenters. The summed E-state index contributed by atoms with van der Waals surface area (Å²) >= 11 is 0. The van der Waals surface area contributed by atoms with E-state index < -0.39 is 25.1 Å². The maximum atomic E-state index is 12.1. The van der Waals surface area contributed by atoms with Crippen LogP contribution in [0.15, 0.2) is 54.6 Å². The van der Waals surface area contributed by atoms with E-state index in [4.69, 9.17) is 14.7 Å². The van der Waals surface area contributed by atoms with Crippen LogP contribution in [0.3, 0.4) is 0 Å². The van der Waals surface area contributed by atoms with E-state index in [1.54, 1.807) is 24.3 Å². The maximum Gasteiger partial charge on any atom is 0.344 e. The highest BCUT2D eigenvalue weighted by Crippen LogP contribution is 2.16. The van der Waals surface area contributed by atoms with Crippen molar-refractivity contribution in [1.29, 1.82) is 5.26 Å². The Morgan fingerprint density at radius 3 is 2.53 bits per heavy atom. The van der Waals surface area contributed by atoms with E-state index in [1.807, 2.05) is 54.9 Å². The van der Waals surface area contributed by atoms with Crippen molar-refractivity contribution >= 4 is 11.9 Å². The van der Waals surface area contributed by atoms with Crippen LogP contribution in [0.1, 0.15) is 28.1 Å². The maximum absolute atomic E-state index is 12.1. The molecular formula is C24H24N4O4. The summed E-state index contributed by atoms with van der Waals surface area (Å²) in [5.41, 5.74) is 4.18. The second kappa shape index (κ2) is 10.8. The summed E-state index contributed by atoms with van der Waals surface area (Å²) in [4.78, 5) is 24.0. The minimum atomic E-state index is -0.698. The fourth-order valence-corrected chi connectivity index (χ4v) is 3.15. The minimum Gasteiger partial charge on any atom is -0.481 e. The van der Waals surface area contributed by atoms with Gasteiger partial charge in [0.05, 0.1) is 17.8 Å². The number of aryl methyl sites for hydroxylation is 1. The standard InChI is InChI=1S/C24H24N4O4/c1-17-21(18(2)28(27-17)14-19-8-4-3-5-9-19)13-26-23(29)15-32-24(30)16-31-22-11-7-6-10-20(22)12-25/h3-11H,13-16H2,1-2H3,(H,26,29). The number of hydrogen-bond donors (Lipinski definition) is 1. The lowest BCUT2D eigenvalue weighted by atomic mass is 10.2. The number of rotatable bonds is 9. The van der Waals surface area contributed by atoms with Gasteiger partial charge in [-0.2, -0.15) is 10.4 Å². The molecule has 0 spiro atoms.